The molecule has 2 aromatic rings. The fourth-order valence-electron chi connectivity index (χ4n) is 2.63. The molecule has 0 saturated carbocycles. The number of halogens is 1. The Bertz CT molecular complexity index is 678. The first kappa shape index (κ1) is 20.6. The van der Waals surface area contributed by atoms with Gasteiger partial charge in [-0.15, -0.1) is 0 Å². The van der Waals surface area contributed by atoms with Crippen LogP contribution in [-0.2, 0) is 11.2 Å². The lowest BCUT2D eigenvalue weighted by Crippen LogP contribution is -2.35. The van der Waals surface area contributed by atoms with Crippen molar-refractivity contribution in [2.75, 3.05) is 19.7 Å². The van der Waals surface area contributed by atoms with Gasteiger partial charge in [0.2, 0.25) is 0 Å². The molecule has 0 saturated heterocycles. The monoisotopic (exact) mass is 375 g/mol. The van der Waals surface area contributed by atoms with Gasteiger partial charge in [0.25, 0.3) is 0 Å². The summed E-state index contributed by atoms with van der Waals surface area (Å²) in [6.07, 6.45) is 0.0737. The summed E-state index contributed by atoms with van der Waals surface area (Å²) in [4.78, 5) is 12.9. The summed E-state index contributed by atoms with van der Waals surface area (Å²) in [7, 11) is 0. The SMILES string of the molecule is CCCNCC(O)COC(Cc1cccc(Cl)c1)C(=O)c1ccccc1. The molecule has 2 aromatic carbocycles. The summed E-state index contributed by atoms with van der Waals surface area (Å²) in [6, 6.07) is 16.5. The molecule has 0 aliphatic rings. The van der Waals surface area contributed by atoms with Gasteiger partial charge in [0, 0.05) is 23.6 Å². The van der Waals surface area contributed by atoms with Crippen LogP contribution in [0.2, 0.25) is 5.02 Å². The van der Waals surface area contributed by atoms with E-state index in [0.717, 1.165) is 18.5 Å². The predicted molar refractivity (Wildman–Crippen MR) is 105 cm³/mol. The number of nitrogens with one attached hydrogen (secondary N) is 1. The molecule has 26 heavy (non-hydrogen) atoms. The summed E-state index contributed by atoms with van der Waals surface area (Å²) in [5.41, 5.74) is 1.52. The highest BCUT2D eigenvalue weighted by atomic mass is 35.5. The molecule has 2 unspecified atom stereocenters. The van der Waals surface area contributed by atoms with Gasteiger partial charge in [-0.2, -0.15) is 0 Å². The van der Waals surface area contributed by atoms with Crippen molar-refractivity contribution in [1.29, 1.82) is 0 Å². The van der Waals surface area contributed by atoms with Crippen LogP contribution in [0.5, 0.6) is 0 Å². The van der Waals surface area contributed by atoms with E-state index in [9.17, 15) is 9.90 Å². The van der Waals surface area contributed by atoms with Crippen LogP contribution in [0.1, 0.15) is 29.3 Å². The van der Waals surface area contributed by atoms with E-state index in [0.29, 0.717) is 23.6 Å². The molecule has 140 valence electrons. The Labute approximate surface area is 160 Å². The van der Waals surface area contributed by atoms with Crippen molar-refractivity contribution in [1.82, 2.24) is 5.32 Å². The normalized spacial score (nSPS) is 13.3. The fraction of sp³-hybridized carbons (Fsp3) is 0.381. The molecule has 0 spiro atoms. The molecule has 0 aliphatic heterocycles. The van der Waals surface area contributed by atoms with Gasteiger partial charge in [-0.1, -0.05) is 61.0 Å². The lowest BCUT2D eigenvalue weighted by Gasteiger charge is -2.20. The van der Waals surface area contributed by atoms with Gasteiger partial charge < -0.3 is 15.2 Å². The molecule has 2 rings (SSSR count). The quantitative estimate of drug-likeness (QED) is 0.466. The van der Waals surface area contributed by atoms with Crippen LogP contribution in [0.25, 0.3) is 0 Å². The number of aliphatic hydroxyl groups excluding tert-OH is 1. The van der Waals surface area contributed by atoms with Crippen LogP contribution in [0.15, 0.2) is 54.6 Å². The zero-order valence-corrected chi connectivity index (χ0v) is 15.8. The average molecular weight is 376 g/mol. The highest BCUT2D eigenvalue weighted by molar-refractivity contribution is 6.30. The van der Waals surface area contributed by atoms with E-state index in [1.807, 2.05) is 36.4 Å². The van der Waals surface area contributed by atoms with Gasteiger partial charge in [0.05, 0.1) is 12.7 Å². The lowest BCUT2D eigenvalue weighted by atomic mass is 10.00. The maximum atomic E-state index is 12.9. The molecule has 0 radical (unpaired) electrons. The molecule has 0 heterocycles. The number of rotatable bonds is 11. The van der Waals surface area contributed by atoms with Crippen molar-refractivity contribution in [3.63, 3.8) is 0 Å². The highest BCUT2D eigenvalue weighted by Gasteiger charge is 2.22. The molecule has 0 amide bonds. The van der Waals surface area contributed by atoms with Gasteiger partial charge in [-0.3, -0.25) is 4.79 Å². The Morgan fingerprint density at radius 3 is 2.65 bits per heavy atom. The number of hydrogen-bond donors (Lipinski definition) is 2. The minimum Gasteiger partial charge on any atom is -0.389 e. The third-order valence-electron chi connectivity index (χ3n) is 3.96. The van der Waals surface area contributed by atoms with E-state index in [1.54, 1.807) is 18.2 Å². The van der Waals surface area contributed by atoms with Gasteiger partial charge >= 0.3 is 0 Å². The van der Waals surface area contributed by atoms with Crippen LogP contribution in [-0.4, -0.2) is 42.8 Å². The number of carbonyl (C=O) groups is 1. The minimum absolute atomic E-state index is 0.0977. The molecule has 0 aliphatic carbocycles. The predicted octanol–water partition coefficient (Wildman–Crippen LogP) is 3.51. The summed E-state index contributed by atoms with van der Waals surface area (Å²) >= 11 is 6.05. The van der Waals surface area contributed by atoms with Crippen molar-refractivity contribution < 1.29 is 14.6 Å². The van der Waals surface area contributed by atoms with Crippen LogP contribution < -0.4 is 5.32 Å². The zero-order chi connectivity index (χ0) is 18.8. The number of carbonyl (C=O) groups excluding carboxylic acids is 1. The van der Waals surface area contributed by atoms with E-state index >= 15 is 0 Å². The smallest absolute Gasteiger partial charge is 0.191 e. The summed E-state index contributed by atoms with van der Waals surface area (Å²) in [5.74, 6) is -0.0979. The van der Waals surface area contributed by atoms with Crippen LogP contribution in [0, 0.1) is 0 Å². The fourth-order valence-corrected chi connectivity index (χ4v) is 2.84. The molecular formula is C21H26ClNO3. The van der Waals surface area contributed by atoms with Gasteiger partial charge in [-0.25, -0.2) is 0 Å². The van der Waals surface area contributed by atoms with E-state index < -0.39 is 12.2 Å². The van der Waals surface area contributed by atoms with E-state index in [1.165, 1.54) is 0 Å². The summed E-state index contributed by atoms with van der Waals surface area (Å²) < 4.78 is 5.81. The van der Waals surface area contributed by atoms with Crippen molar-refractivity contribution in [3.05, 3.63) is 70.7 Å². The number of ether oxygens (including phenoxy) is 1. The van der Waals surface area contributed by atoms with E-state index in [-0.39, 0.29) is 12.4 Å². The third kappa shape index (κ3) is 6.89. The van der Waals surface area contributed by atoms with E-state index in [4.69, 9.17) is 16.3 Å². The number of Topliss-reactive ketones (excluding diaryl/α,β-unsaturated/α-hetero) is 1. The Morgan fingerprint density at radius 1 is 1.19 bits per heavy atom. The second kappa shape index (κ2) is 11.1. The Kier molecular flexibility index (Phi) is 8.78. The molecule has 2 N–H and O–H groups in total. The maximum absolute atomic E-state index is 12.9. The molecule has 0 bridgehead atoms. The Morgan fingerprint density at radius 2 is 1.96 bits per heavy atom. The second-order valence-electron chi connectivity index (χ2n) is 6.24. The van der Waals surface area contributed by atoms with Crippen molar-refractivity contribution >= 4 is 17.4 Å². The molecule has 4 nitrogen and oxygen atoms in total. The first-order valence-electron chi connectivity index (χ1n) is 8.94. The molecule has 0 aromatic heterocycles. The molecule has 5 heteroatoms. The van der Waals surface area contributed by atoms with Crippen LogP contribution in [0.4, 0.5) is 0 Å². The average Bonchev–Trinajstić information content (AvgIpc) is 2.65. The largest absolute Gasteiger partial charge is 0.389 e. The Balaban J connectivity index is 2.04. The van der Waals surface area contributed by atoms with E-state index in [2.05, 4.69) is 12.2 Å². The van der Waals surface area contributed by atoms with Crippen molar-refractivity contribution in [2.45, 2.75) is 32.0 Å². The number of benzene rings is 2. The molecule has 2 atom stereocenters. The number of ketones is 1. The standard InChI is InChI=1S/C21H26ClNO3/c1-2-11-23-14-19(24)15-26-20(13-16-7-6-10-18(22)12-16)21(25)17-8-4-3-5-9-17/h3-10,12,19-20,23-24H,2,11,13-15H2,1H3. The summed E-state index contributed by atoms with van der Waals surface area (Å²) in [5, 5.41) is 13.8. The second-order valence-corrected chi connectivity index (χ2v) is 6.68. The van der Waals surface area contributed by atoms with Gasteiger partial charge in [0.15, 0.2) is 5.78 Å². The Hall–Kier alpha value is -1.72. The molecule has 0 fully saturated rings. The maximum Gasteiger partial charge on any atom is 0.191 e. The third-order valence-corrected chi connectivity index (χ3v) is 4.19. The minimum atomic E-state index is -0.670. The van der Waals surface area contributed by atoms with Crippen molar-refractivity contribution in [3.8, 4) is 0 Å². The van der Waals surface area contributed by atoms with Gasteiger partial charge in [-0.05, 0) is 30.7 Å². The number of hydrogen-bond acceptors (Lipinski definition) is 4. The number of aliphatic hydroxyl groups is 1. The first-order chi connectivity index (χ1) is 12.6. The molecular weight excluding hydrogens is 350 g/mol. The highest BCUT2D eigenvalue weighted by Crippen LogP contribution is 2.16. The van der Waals surface area contributed by atoms with Crippen molar-refractivity contribution in [2.24, 2.45) is 0 Å². The lowest BCUT2D eigenvalue weighted by molar-refractivity contribution is -0.00162. The first-order valence-corrected chi connectivity index (χ1v) is 9.32. The summed E-state index contributed by atoms with van der Waals surface area (Å²) in [6.45, 7) is 3.44. The van der Waals surface area contributed by atoms with Gasteiger partial charge in [0.1, 0.15) is 6.10 Å². The van der Waals surface area contributed by atoms with Crippen LogP contribution >= 0.6 is 11.6 Å². The topological polar surface area (TPSA) is 58.6 Å². The zero-order valence-electron chi connectivity index (χ0n) is 15.0. The van der Waals surface area contributed by atoms with Crippen LogP contribution in [0.3, 0.4) is 0 Å².